The molecule has 5 nitrogen and oxygen atoms in total. The number of aryl methyl sites for hydroxylation is 1. The molecule has 0 aliphatic carbocycles. The number of nitrogens with one attached hydrogen (secondary N) is 1. The van der Waals surface area contributed by atoms with Gasteiger partial charge in [-0.1, -0.05) is 11.8 Å². The van der Waals surface area contributed by atoms with Crippen molar-refractivity contribution in [3.05, 3.63) is 42.2 Å². The van der Waals surface area contributed by atoms with Crippen molar-refractivity contribution in [1.82, 2.24) is 9.55 Å². The number of carbonyl (C=O) groups is 2. The van der Waals surface area contributed by atoms with E-state index < -0.39 is 0 Å². The number of benzene rings is 1. The standard InChI is InChI=1S/C14H15N3O2S.ClH/c1-10(18)16-12-5-3-11(4-6-12)13(19)9-20-14-15-7-8-17(14)2;/h3-8H,9H2,1-2H3,(H,16,18);1H. The second kappa shape index (κ2) is 7.85. The van der Waals surface area contributed by atoms with Gasteiger partial charge in [0.2, 0.25) is 5.91 Å². The predicted molar refractivity (Wildman–Crippen MR) is 86.3 cm³/mol. The van der Waals surface area contributed by atoms with Crippen LogP contribution in [0.3, 0.4) is 0 Å². The van der Waals surface area contributed by atoms with Gasteiger partial charge in [0.25, 0.3) is 0 Å². The minimum Gasteiger partial charge on any atom is -0.329 e. The third kappa shape index (κ3) is 4.91. The summed E-state index contributed by atoms with van der Waals surface area (Å²) in [7, 11) is 1.89. The molecule has 0 unspecified atom stereocenters. The second-order valence-corrected chi connectivity index (χ2v) is 5.23. The van der Waals surface area contributed by atoms with Gasteiger partial charge >= 0.3 is 0 Å². The molecule has 1 N–H and O–H groups in total. The Morgan fingerprint density at radius 3 is 2.48 bits per heavy atom. The summed E-state index contributed by atoms with van der Waals surface area (Å²) in [6.07, 6.45) is 3.55. The first-order valence-electron chi connectivity index (χ1n) is 6.07. The predicted octanol–water partition coefficient (Wildman–Crippen LogP) is 2.78. The summed E-state index contributed by atoms with van der Waals surface area (Å²) in [5.74, 6) is 0.242. The van der Waals surface area contributed by atoms with Crippen LogP contribution in [-0.4, -0.2) is 27.0 Å². The highest BCUT2D eigenvalue weighted by Crippen LogP contribution is 2.17. The van der Waals surface area contributed by atoms with E-state index in [1.165, 1.54) is 18.7 Å². The number of carbonyl (C=O) groups excluding carboxylic acids is 2. The van der Waals surface area contributed by atoms with E-state index in [1.807, 2.05) is 17.8 Å². The van der Waals surface area contributed by atoms with Crippen LogP contribution in [0, 0.1) is 0 Å². The highest BCUT2D eigenvalue weighted by molar-refractivity contribution is 7.99. The van der Waals surface area contributed by atoms with Crippen molar-refractivity contribution in [2.24, 2.45) is 7.05 Å². The van der Waals surface area contributed by atoms with E-state index in [0.717, 1.165) is 5.16 Å². The lowest BCUT2D eigenvalue weighted by Crippen LogP contribution is -2.07. The van der Waals surface area contributed by atoms with Crippen LogP contribution in [0.5, 0.6) is 0 Å². The topological polar surface area (TPSA) is 64.0 Å². The van der Waals surface area contributed by atoms with E-state index in [1.54, 1.807) is 30.5 Å². The van der Waals surface area contributed by atoms with E-state index in [0.29, 0.717) is 17.0 Å². The molecule has 0 atom stereocenters. The maximum Gasteiger partial charge on any atom is 0.221 e. The van der Waals surface area contributed by atoms with Crippen LogP contribution < -0.4 is 5.32 Å². The van der Waals surface area contributed by atoms with E-state index in [4.69, 9.17) is 0 Å². The minimum atomic E-state index is -0.130. The maximum atomic E-state index is 12.0. The number of rotatable bonds is 5. The number of hydrogen-bond acceptors (Lipinski definition) is 4. The zero-order valence-corrected chi connectivity index (χ0v) is 13.3. The molecule has 0 saturated carbocycles. The number of ketones is 1. The molecule has 1 heterocycles. The summed E-state index contributed by atoms with van der Waals surface area (Å²) in [5.41, 5.74) is 1.31. The van der Waals surface area contributed by atoms with E-state index in [-0.39, 0.29) is 24.1 Å². The number of Topliss-reactive ketones (excluding diaryl/α,β-unsaturated/α-hetero) is 1. The van der Waals surface area contributed by atoms with Gasteiger partial charge in [-0.15, -0.1) is 12.4 Å². The SMILES string of the molecule is CC(=O)Nc1ccc(C(=O)CSc2nccn2C)cc1.Cl. The minimum absolute atomic E-state index is 0. The molecule has 1 aromatic carbocycles. The number of imidazole rings is 1. The Labute approximate surface area is 133 Å². The molecule has 0 aliphatic heterocycles. The molecule has 1 amide bonds. The van der Waals surface area contributed by atoms with Crippen LogP contribution in [-0.2, 0) is 11.8 Å². The van der Waals surface area contributed by atoms with Crippen LogP contribution in [0.25, 0.3) is 0 Å². The average molecular weight is 326 g/mol. The Kier molecular flexibility index (Phi) is 6.45. The largest absolute Gasteiger partial charge is 0.329 e. The zero-order valence-electron chi connectivity index (χ0n) is 11.7. The lowest BCUT2D eigenvalue weighted by Gasteiger charge is -2.04. The van der Waals surface area contributed by atoms with Crippen molar-refractivity contribution in [2.75, 3.05) is 11.1 Å². The Morgan fingerprint density at radius 2 is 1.95 bits per heavy atom. The maximum absolute atomic E-state index is 12.0. The number of halogens is 1. The van der Waals surface area contributed by atoms with Crippen LogP contribution in [0.15, 0.2) is 41.8 Å². The third-order valence-corrected chi connectivity index (χ3v) is 3.69. The lowest BCUT2D eigenvalue weighted by molar-refractivity contribution is -0.114. The van der Waals surface area contributed by atoms with Crippen molar-refractivity contribution in [3.8, 4) is 0 Å². The number of anilines is 1. The first-order chi connectivity index (χ1) is 9.56. The Bertz CT molecular complexity index is 625. The van der Waals surface area contributed by atoms with Gasteiger partial charge in [0.1, 0.15) is 0 Å². The monoisotopic (exact) mass is 325 g/mol. The highest BCUT2D eigenvalue weighted by Gasteiger charge is 2.09. The fraction of sp³-hybridized carbons (Fsp3) is 0.214. The first kappa shape index (κ1) is 17.3. The summed E-state index contributed by atoms with van der Waals surface area (Å²) in [6.45, 7) is 1.45. The molecule has 0 spiro atoms. The van der Waals surface area contributed by atoms with Gasteiger partial charge in [-0.2, -0.15) is 0 Å². The van der Waals surface area contributed by atoms with Crippen molar-refractivity contribution < 1.29 is 9.59 Å². The Hall–Kier alpha value is -1.79. The number of nitrogens with zero attached hydrogens (tertiary/aromatic N) is 2. The number of thioether (sulfide) groups is 1. The normalized spacial score (nSPS) is 9.81. The van der Waals surface area contributed by atoms with Gasteiger partial charge in [0, 0.05) is 37.6 Å². The number of hydrogen-bond donors (Lipinski definition) is 1. The van der Waals surface area contributed by atoms with Crippen LogP contribution in [0.2, 0.25) is 0 Å². The zero-order chi connectivity index (χ0) is 14.5. The molecular formula is C14H16ClN3O2S. The van der Waals surface area contributed by atoms with Gasteiger partial charge in [0.15, 0.2) is 10.9 Å². The van der Waals surface area contributed by atoms with Crippen LogP contribution in [0.4, 0.5) is 5.69 Å². The molecular weight excluding hydrogens is 310 g/mol. The summed E-state index contributed by atoms with van der Waals surface area (Å²) >= 11 is 1.40. The molecule has 7 heteroatoms. The number of aromatic nitrogens is 2. The molecule has 112 valence electrons. The molecule has 0 saturated heterocycles. The van der Waals surface area contributed by atoms with Crippen LogP contribution >= 0.6 is 24.2 Å². The molecule has 0 radical (unpaired) electrons. The Morgan fingerprint density at radius 1 is 1.29 bits per heavy atom. The van der Waals surface area contributed by atoms with Gasteiger partial charge in [-0.3, -0.25) is 9.59 Å². The molecule has 0 fully saturated rings. The van der Waals surface area contributed by atoms with E-state index >= 15 is 0 Å². The molecule has 2 rings (SSSR count). The van der Waals surface area contributed by atoms with Crippen molar-refractivity contribution >= 4 is 41.5 Å². The van der Waals surface area contributed by atoms with E-state index in [2.05, 4.69) is 10.3 Å². The molecule has 0 bridgehead atoms. The van der Waals surface area contributed by atoms with E-state index in [9.17, 15) is 9.59 Å². The molecule has 1 aromatic heterocycles. The molecule has 21 heavy (non-hydrogen) atoms. The molecule has 0 aliphatic rings. The fourth-order valence-corrected chi connectivity index (χ4v) is 2.47. The van der Waals surface area contributed by atoms with Crippen molar-refractivity contribution in [3.63, 3.8) is 0 Å². The third-order valence-electron chi connectivity index (χ3n) is 2.64. The van der Waals surface area contributed by atoms with Crippen molar-refractivity contribution in [1.29, 1.82) is 0 Å². The quantitative estimate of drug-likeness (QED) is 0.678. The first-order valence-corrected chi connectivity index (χ1v) is 7.06. The van der Waals surface area contributed by atoms with Gasteiger partial charge in [-0.05, 0) is 24.3 Å². The fourth-order valence-electron chi connectivity index (χ4n) is 1.65. The number of amides is 1. The summed E-state index contributed by atoms with van der Waals surface area (Å²) in [5, 5.41) is 3.48. The summed E-state index contributed by atoms with van der Waals surface area (Å²) < 4.78 is 1.87. The summed E-state index contributed by atoms with van der Waals surface area (Å²) in [6, 6.07) is 6.87. The average Bonchev–Trinajstić information content (AvgIpc) is 2.82. The van der Waals surface area contributed by atoms with Gasteiger partial charge in [0.05, 0.1) is 5.75 Å². The second-order valence-electron chi connectivity index (χ2n) is 4.29. The van der Waals surface area contributed by atoms with Crippen molar-refractivity contribution in [2.45, 2.75) is 12.1 Å². The Balaban J connectivity index is 0.00000220. The van der Waals surface area contributed by atoms with Gasteiger partial charge < -0.3 is 9.88 Å². The highest BCUT2D eigenvalue weighted by atomic mass is 35.5. The molecule has 2 aromatic rings. The summed E-state index contributed by atoms with van der Waals surface area (Å²) in [4.78, 5) is 27.1. The smallest absolute Gasteiger partial charge is 0.221 e. The van der Waals surface area contributed by atoms with Gasteiger partial charge in [-0.25, -0.2) is 4.98 Å². The van der Waals surface area contributed by atoms with Crippen LogP contribution in [0.1, 0.15) is 17.3 Å². The lowest BCUT2D eigenvalue weighted by atomic mass is 10.1.